The van der Waals surface area contributed by atoms with E-state index < -0.39 is 0 Å². The monoisotopic (exact) mass is 195 g/mol. The van der Waals surface area contributed by atoms with E-state index in [0.29, 0.717) is 0 Å². The Balaban J connectivity index is 2.16. The number of anilines is 1. The first-order valence-corrected chi connectivity index (χ1v) is 5.14. The summed E-state index contributed by atoms with van der Waals surface area (Å²) in [5.74, 6) is 0.819. The Morgan fingerprint density at radius 3 is 2.92 bits per heavy atom. The van der Waals surface area contributed by atoms with Crippen molar-refractivity contribution in [2.24, 2.45) is 5.92 Å². The second kappa shape index (κ2) is 3.59. The third-order valence-electron chi connectivity index (χ3n) is 2.60. The first kappa shape index (κ1) is 8.89. The molecule has 1 saturated heterocycles. The van der Waals surface area contributed by atoms with Gasteiger partial charge in [-0.05, 0) is 30.5 Å². The summed E-state index contributed by atoms with van der Waals surface area (Å²) in [6.07, 6.45) is 1.30. The molecule has 1 aliphatic rings. The van der Waals surface area contributed by atoms with Crippen LogP contribution in [0.3, 0.4) is 0 Å². The minimum Gasteiger partial charge on any atom is -0.371 e. The van der Waals surface area contributed by atoms with Crippen molar-refractivity contribution in [3.05, 3.63) is 29.3 Å². The minimum atomic E-state index is 0.819. The van der Waals surface area contributed by atoms with Gasteiger partial charge in [-0.25, -0.2) is 0 Å². The molecule has 1 heterocycles. The molecule has 0 amide bonds. The van der Waals surface area contributed by atoms with E-state index in [1.54, 1.807) is 0 Å². The summed E-state index contributed by atoms with van der Waals surface area (Å²) in [6.45, 7) is 4.63. The summed E-state index contributed by atoms with van der Waals surface area (Å²) >= 11 is 5.93. The number of rotatable bonds is 1. The molecule has 70 valence electrons. The van der Waals surface area contributed by atoms with Crippen molar-refractivity contribution >= 4 is 17.3 Å². The highest BCUT2D eigenvalue weighted by Gasteiger charge is 2.18. The van der Waals surface area contributed by atoms with Crippen molar-refractivity contribution in [1.82, 2.24) is 0 Å². The second-order valence-corrected chi connectivity index (χ2v) is 4.26. The van der Waals surface area contributed by atoms with Crippen LogP contribution in [0.5, 0.6) is 0 Å². The third-order valence-corrected chi connectivity index (χ3v) is 2.83. The summed E-state index contributed by atoms with van der Waals surface area (Å²) in [7, 11) is 0. The molecule has 1 aromatic carbocycles. The summed E-state index contributed by atoms with van der Waals surface area (Å²) in [6, 6.07) is 8.11. The molecule has 1 unspecified atom stereocenters. The topological polar surface area (TPSA) is 3.24 Å². The van der Waals surface area contributed by atoms with E-state index in [-0.39, 0.29) is 0 Å². The van der Waals surface area contributed by atoms with E-state index >= 15 is 0 Å². The van der Waals surface area contributed by atoms with E-state index in [1.807, 2.05) is 18.2 Å². The van der Waals surface area contributed by atoms with Crippen LogP contribution in [-0.4, -0.2) is 13.1 Å². The van der Waals surface area contributed by atoms with Gasteiger partial charge in [0.1, 0.15) is 0 Å². The van der Waals surface area contributed by atoms with Gasteiger partial charge < -0.3 is 4.90 Å². The highest BCUT2D eigenvalue weighted by molar-refractivity contribution is 6.30. The van der Waals surface area contributed by atoms with Crippen molar-refractivity contribution in [3.63, 3.8) is 0 Å². The zero-order valence-electron chi connectivity index (χ0n) is 7.83. The zero-order chi connectivity index (χ0) is 9.26. The van der Waals surface area contributed by atoms with Crippen molar-refractivity contribution in [2.45, 2.75) is 13.3 Å². The normalized spacial score (nSPS) is 22.3. The van der Waals surface area contributed by atoms with Gasteiger partial charge in [-0.2, -0.15) is 0 Å². The SMILES string of the molecule is CC1CCN(c2cccc(Cl)c2)C1. The van der Waals surface area contributed by atoms with E-state index in [2.05, 4.69) is 17.9 Å². The van der Waals surface area contributed by atoms with Gasteiger partial charge >= 0.3 is 0 Å². The number of hydrogen-bond acceptors (Lipinski definition) is 1. The number of halogens is 1. The molecule has 0 radical (unpaired) electrons. The molecular weight excluding hydrogens is 182 g/mol. The summed E-state index contributed by atoms with van der Waals surface area (Å²) in [4.78, 5) is 2.40. The van der Waals surface area contributed by atoms with Crippen LogP contribution in [0.2, 0.25) is 5.02 Å². The summed E-state index contributed by atoms with van der Waals surface area (Å²) in [5, 5.41) is 0.831. The highest BCUT2D eigenvalue weighted by Crippen LogP contribution is 2.25. The van der Waals surface area contributed by atoms with Crippen LogP contribution in [0.1, 0.15) is 13.3 Å². The fraction of sp³-hybridized carbons (Fsp3) is 0.455. The van der Waals surface area contributed by atoms with Gasteiger partial charge in [0, 0.05) is 23.8 Å². The van der Waals surface area contributed by atoms with Gasteiger partial charge in [0.15, 0.2) is 0 Å². The molecule has 2 rings (SSSR count). The molecule has 1 atom stereocenters. The average Bonchev–Trinajstić information content (AvgIpc) is 2.52. The molecule has 0 spiro atoms. The van der Waals surface area contributed by atoms with Crippen LogP contribution in [0, 0.1) is 5.92 Å². The number of hydrogen-bond donors (Lipinski definition) is 0. The van der Waals surface area contributed by atoms with Crippen LogP contribution >= 0.6 is 11.6 Å². The lowest BCUT2D eigenvalue weighted by atomic mass is 10.2. The smallest absolute Gasteiger partial charge is 0.0426 e. The van der Waals surface area contributed by atoms with Crippen LogP contribution in [0.15, 0.2) is 24.3 Å². The third kappa shape index (κ3) is 1.97. The Hall–Kier alpha value is -0.690. The lowest BCUT2D eigenvalue weighted by Crippen LogP contribution is -2.18. The molecule has 2 heteroatoms. The van der Waals surface area contributed by atoms with Crippen LogP contribution in [0.4, 0.5) is 5.69 Å². The van der Waals surface area contributed by atoms with E-state index in [1.165, 1.54) is 25.2 Å². The molecule has 0 saturated carbocycles. The van der Waals surface area contributed by atoms with E-state index in [4.69, 9.17) is 11.6 Å². The molecular formula is C11H14ClN. The first-order chi connectivity index (χ1) is 6.25. The average molecular weight is 196 g/mol. The Kier molecular flexibility index (Phi) is 2.45. The molecule has 1 fully saturated rings. The predicted octanol–water partition coefficient (Wildman–Crippen LogP) is 3.19. The standard InChI is InChI=1S/C11H14ClN/c1-9-5-6-13(8-9)11-4-2-3-10(12)7-11/h2-4,7,9H,5-6,8H2,1H3. The molecule has 0 aromatic heterocycles. The van der Waals surface area contributed by atoms with Crippen LogP contribution in [0.25, 0.3) is 0 Å². The Bertz CT molecular complexity index is 298. The van der Waals surface area contributed by atoms with Crippen molar-refractivity contribution in [1.29, 1.82) is 0 Å². The van der Waals surface area contributed by atoms with Crippen LogP contribution in [-0.2, 0) is 0 Å². The number of benzene rings is 1. The minimum absolute atomic E-state index is 0.819. The quantitative estimate of drug-likeness (QED) is 0.666. The van der Waals surface area contributed by atoms with E-state index in [9.17, 15) is 0 Å². The van der Waals surface area contributed by atoms with Gasteiger partial charge in [-0.3, -0.25) is 0 Å². The zero-order valence-corrected chi connectivity index (χ0v) is 8.59. The fourth-order valence-electron chi connectivity index (χ4n) is 1.84. The van der Waals surface area contributed by atoms with Crippen molar-refractivity contribution in [2.75, 3.05) is 18.0 Å². The molecule has 0 bridgehead atoms. The summed E-state index contributed by atoms with van der Waals surface area (Å²) < 4.78 is 0. The van der Waals surface area contributed by atoms with Gasteiger partial charge in [-0.15, -0.1) is 0 Å². The largest absolute Gasteiger partial charge is 0.371 e. The highest BCUT2D eigenvalue weighted by atomic mass is 35.5. The molecule has 0 N–H and O–H groups in total. The maximum absolute atomic E-state index is 5.93. The summed E-state index contributed by atoms with van der Waals surface area (Å²) in [5.41, 5.74) is 1.26. The van der Waals surface area contributed by atoms with Crippen molar-refractivity contribution < 1.29 is 0 Å². The predicted molar refractivity (Wildman–Crippen MR) is 57.4 cm³/mol. The van der Waals surface area contributed by atoms with Gasteiger partial charge in [0.2, 0.25) is 0 Å². The van der Waals surface area contributed by atoms with Crippen LogP contribution < -0.4 is 4.90 Å². The van der Waals surface area contributed by atoms with Crippen molar-refractivity contribution in [3.8, 4) is 0 Å². The number of nitrogens with zero attached hydrogens (tertiary/aromatic N) is 1. The maximum Gasteiger partial charge on any atom is 0.0426 e. The molecule has 1 aliphatic heterocycles. The molecule has 13 heavy (non-hydrogen) atoms. The molecule has 1 nitrogen and oxygen atoms in total. The van der Waals surface area contributed by atoms with E-state index in [0.717, 1.165) is 10.9 Å². The molecule has 1 aromatic rings. The molecule has 0 aliphatic carbocycles. The van der Waals surface area contributed by atoms with Gasteiger partial charge in [0.25, 0.3) is 0 Å². The first-order valence-electron chi connectivity index (χ1n) is 4.76. The lowest BCUT2D eigenvalue weighted by molar-refractivity contribution is 0.659. The van der Waals surface area contributed by atoms with Gasteiger partial charge in [0.05, 0.1) is 0 Å². The lowest BCUT2D eigenvalue weighted by Gasteiger charge is -2.18. The fourth-order valence-corrected chi connectivity index (χ4v) is 2.03. The Labute approximate surface area is 84.3 Å². The van der Waals surface area contributed by atoms with Gasteiger partial charge in [-0.1, -0.05) is 24.6 Å². The maximum atomic E-state index is 5.93. The second-order valence-electron chi connectivity index (χ2n) is 3.82. The Morgan fingerprint density at radius 2 is 2.31 bits per heavy atom. The Morgan fingerprint density at radius 1 is 1.46 bits per heavy atom.